The van der Waals surface area contributed by atoms with Crippen LogP contribution in [0.25, 0.3) is 0 Å². The van der Waals surface area contributed by atoms with Gasteiger partial charge in [0.2, 0.25) is 10.1 Å². The molecule has 5 rings (SSSR count). The Morgan fingerprint density at radius 3 is 2.56 bits per heavy atom. The lowest BCUT2D eigenvalue weighted by atomic mass is 9.90. The monoisotopic (exact) mass is 449 g/mol. The van der Waals surface area contributed by atoms with E-state index in [0.717, 1.165) is 62.9 Å². The largest absolute Gasteiger partial charge is 0.367 e. The Hall–Kier alpha value is -3.04. The van der Waals surface area contributed by atoms with Gasteiger partial charge in [-0.3, -0.25) is 9.78 Å². The van der Waals surface area contributed by atoms with Crippen LogP contribution < -0.4 is 20.4 Å². The summed E-state index contributed by atoms with van der Waals surface area (Å²) in [5, 5.41) is 16.0. The number of nitrogens with one attached hydrogen (secondary N) is 2. The van der Waals surface area contributed by atoms with Crippen molar-refractivity contribution in [3.63, 3.8) is 0 Å². The molecule has 1 aromatic carbocycles. The van der Waals surface area contributed by atoms with Crippen molar-refractivity contribution in [2.45, 2.75) is 18.8 Å². The lowest BCUT2D eigenvalue weighted by Crippen LogP contribution is -2.43. The molecule has 8 nitrogen and oxygen atoms in total. The normalized spacial score (nSPS) is 17.4. The van der Waals surface area contributed by atoms with Crippen molar-refractivity contribution in [3.05, 3.63) is 59.4 Å². The number of nitrogens with zero attached hydrogens (tertiary/aromatic N) is 5. The van der Waals surface area contributed by atoms with E-state index in [2.05, 4.69) is 65.9 Å². The summed E-state index contributed by atoms with van der Waals surface area (Å²) < 4.78 is 0. The molecule has 1 amide bonds. The number of hydrogen-bond acceptors (Lipinski definition) is 8. The molecule has 0 aliphatic carbocycles. The molecule has 166 valence electrons. The van der Waals surface area contributed by atoms with Crippen molar-refractivity contribution >= 4 is 33.8 Å². The highest BCUT2D eigenvalue weighted by molar-refractivity contribution is 7.17. The molecular weight excluding hydrogens is 422 g/mol. The SMILES string of the molecule is O=C(Nc1cnccc1N1CCNCC1)c1nnc(N2CCC(c3ccccc3)CC2)s1. The van der Waals surface area contributed by atoms with Crippen molar-refractivity contribution in [2.75, 3.05) is 54.4 Å². The van der Waals surface area contributed by atoms with Gasteiger partial charge in [-0.05, 0) is 30.4 Å². The Morgan fingerprint density at radius 1 is 1.00 bits per heavy atom. The molecule has 4 heterocycles. The first kappa shape index (κ1) is 20.8. The molecule has 2 aliphatic heterocycles. The second kappa shape index (κ2) is 9.62. The maximum Gasteiger partial charge on any atom is 0.286 e. The molecule has 0 radical (unpaired) electrons. The van der Waals surface area contributed by atoms with E-state index in [1.165, 1.54) is 16.9 Å². The molecule has 2 aliphatic rings. The van der Waals surface area contributed by atoms with Gasteiger partial charge in [-0.25, -0.2) is 0 Å². The summed E-state index contributed by atoms with van der Waals surface area (Å²) in [6.07, 6.45) is 5.62. The first-order chi connectivity index (χ1) is 15.8. The molecule has 0 saturated carbocycles. The van der Waals surface area contributed by atoms with E-state index in [1.807, 2.05) is 6.07 Å². The third-order valence-electron chi connectivity index (χ3n) is 6.15. The molecule has 2 fully saturated rings. The Kier molecular flexibility index (Phi) is 6.27. The van der Waals surface area contributed by atoms with Crippen LogP contribution in [0.4, 0.5) is 16.5 Å². The molecule has 0 atom stereocenters. The van der Waals surface area contributed by atoms with Crippen LogP contribution in [0.15, 0.2) is 48.8 Å². The zero-order valence-electron chi connectivity index (χ0n) is 17.9. The number of benzene rings is 1. The summed E-state index contributed by atoms with van der Waals surface area (Å²) in [6.45, 7) is 5.49. The van der Waals surface area contributed by atoms with Crippen LogP contribution in [0.3, 0.4) is 0 Å². The molecule has 0 spiro atoms. The zero-order chi connectivity index (χ0) is 21.8. The van der Waals surface area contributed by atoms with Crippen molar-refractivity contribution in [1.82, 2.24) is 20.5 Å². The number of aromatic nitrogens is 3. The lowest BCUT2D eigenvalue weighted by Gasteiger charge is -2.31. The Bertz CT molecular complexity index is 1040. The Morgan fingerprint density at radius 2 is 1.78 bits per heavy atom. The maximum atomic E-state index is 12.9. The second-order valence-corrected chi connectivity index (χ2v) is 9.10. The summed E-state index contributed by atoms with van der Waals surface area (Å²) in [4.78, 5) is 21.6. The number of amides is 1. The number of carbonyl (C=O) groups excluding carboxylic acids is 1. The summed E-state index contributed by atoms with van der Waals surface area (Å²) in [7, 11) is 0. The van der Waals surface area contributed by atoms with Crippen LogP contribution in [-0.4, -0.2) is 60.4 Å². The fraction of sp³-hybridized carbons (Fsp3) is 0.391. The van der Waals surface area contributed by atoms with Gasteiger partial charge in [0.05, 0.1) is 17.6 Å². The van der Waals surface area contributed by atoms with E-state index in [1.54, 1.807) is 12.4 Å². The number of rotatable bonds is 5. The molecule has 3 aromatic rings. The average molecular weight is 450 g/mol. The summed E-state index contributed by atoms with van der Waals surface area (Å²) in [6, 6.07) is 12.6. The molecular formula is C23H27N7OS. The topological polar surface area (TPSA) is 86.3 Å². The second-order valence-electron chi connectivity index (χ2n) is 8.15. The van der Waals surface area contributed by atoms with Crippen LogP contribution in [0.2, 0.25) is 0 Å². The fourth-order valence-electron chi connectivity index (χ4n) is 4.41. The van der Waals surface area contributed by atoms with Crippen LogP contribution >= 0.6 is 11.3 Å². The maximum absolute atomic E-state index is 12.9. The number of anilines is 3. The smallest absolute Gasteiger partial charge is 0.286 e. The van der Waals surface area contributed by atoms with Gasteiger partial charge in [-0.15, -0.1) is 10.2 Å². The molecule has 2 saturated heterocycles. The highest BCUT2D eigenvalue weighted by atomic mass is 32.1. The predicted octanol–water partition coefficient (Wildman–Crippen LogP) is 2.98. The minimum absolute atomic E-state index is 0.239. The zero-order valence-corrected chi connectivity index (χ0v) is 18.7. The predicted molar refractivity (Wildman–Crippen MR) is 128 cm³/mol. The van der Waals surface area contributed by atoms with E-state index in [4.69, 9.17) is 0 Å². The molecule has 0 bridgehead atoms. The number of pyridine rings is 1. The summed E-state index contributed by atoms with van der Waals surface area (Å²) >= 11 is 1.35. The van der Waals surface area contributed by atoms with E-state index < -0.39 is 0 Å². The minimum Gasteiger partial charge on any atom is -0.367 e. The number of piperidine rings is 1. The Labute approximate surface area is 191 Å². The van der Waals surface area contributed by atoms with Crippen molar-refractivity contribution in [1.29, 1.82) is 0 Å². The summed E-state index contributed by atoms with van der Waals surface area (Å²) in [5.41, 5.74) is 3.10. The fourth-order valence-corrected chi connectivity index (χ4v) is 5.20. The Balaban J connectivity index is 1.22. The molecule has 9 heteroatoms. The highest BCUT2D eigenvalue weighted by Crippen LogP contribution is 2.32. The average Bonchev–Trinajstić information content (AvgIpc) is 3.36. The third kappa shape index (κ3) is 4.58. The molecule has 0 unspecified atom stereocenters. The van der Waals surface area contributed by atoms with E-state index in [-0.39, 0.29) is 5.91 Å². The number of carbonyl (C=O) groups is 1. The quantitative estimate of drug-likeness (QED) is 0.619. The highest BCUT2D eigenvalue weighted by Gasteiger charge is 2.24. The number of piperazine rings is 1. The first-order valence-corrected chi connectivity index (χ1v) is 11.9. The number of hydrogen-bond donors (Lipinski definition) is 2. The van der Waals surface area contributed by atoms with E-state index in [0.29, 0.717) is 16.6 Å². The van der Waals surface area contributed by atoms with Crippen LogP contribution in [0, 0.1) is 0 Å². The van der Waals surface area contributed by atoms with Crippen molar-refractivity contribution in [2.24, 2.45) is 0 Å². The minimum atomic E-state index is -0.239. The van der Waals surface area contributed by atoms with Gasteiger partial charge in [0.15, 0.2) is 0 Å². The van der Waals surface area contributed by atoms with Gasteiger partial charge in [0.1, 0.15) is 0 Å². The molecule has 2 aromatic heterocycles. The van der Waals surface area contributed by atoms with Gasteiger partial charge in [-0.2, -0.15) is 0 Å². The van der Waals surface area contributed by atoms with Crippen LogP contribution in [0.5, 0.6) is 0 Å². The molecule has 2 N–H and O–H groups in total. The summed E-state index contributed by atoms with van der Waals surface area (Å²) in [5.74, 6) is 0.342. The first-order valence-electron chi connectivity index (χ1n) is 11.1. The van der Waals surface area contributed by atoms with Gasteiger partial charge >= 0.3 is 0 Å². The van der Waals surface area contributed by atoms with Gasteiger partial charge < -0.3 is 20.4 Å². The van der Waals surface area contributed by atoms with E-state index in [9.17, 15) is 4.79 Å². The van der Waals surface area contributed by atoms with Crippen LogP contribution in [-0.2, 0) is 0 Å². The van der Waals surface area contributed by atoms with Gasteiger partial charge in [0.25, 0.3) is 5.91 Å². The van der Waals surface area contributed by atoms with Gasteiger partial charge in [-0.1, -0.05) is 41.7 Å². The van der Waals surface area contributed by atoms with Crippen LogP contribution in [0.1, 0.15) is 34.1 Å². The van der Waals surface area contributed by atoms with Crippen molar-refractivity contribution < 1.29 is 4.79 Å². The lowest BCUT2D eigenvalue weighted by molar-refractivity contribution is 0.102. The van der Waals surface area contributed by atoms with Gasteiger partial charge in [0, 0.05) is 45.5 Å². The van der Waals surface area contributed by atoms with Crippen molar-refractivity contribution in [3.8, 4) is 0 Å². The third-order valence-corrected chi connectivity index (χ3v) is 7.13. The standard InChI is InChI=1S/C23H27N7OS/c31-21(26-19-16-25-9-6-20(19)29-14-10-24-11-15-29)22-27-28-23(32-22)30-12-7-18(8-13-30)17-4-2-1-3-5-17/h1-6,9,16,18,24H,7-8,10-15H2,(H,26,31). The molecule has 32 heavy (non-hydrogen) atoms. The van der Waals surface area contributed by atoms with E-state index >= 15 is 0 Å².